The number of amides is 2. The van der Waals surface area contributed by atoms with Gasteiger partial charge in [0.25, 0.3) is 12.3 Å². The molecule has 2 fully saturated rings. The minimum absolute atomic E-state index is 0.0286. The average molecular weight is 458 g/mol. The van der Waals surface area contributed by atoms with Crippen molar-refractivity contribution in [2.24, 2.45) is 0 Å². The van der Waals surface area contributed by atoms with Gasteiger partial charge in [-0.15, -0.1) is 0 Å². The fraction of sp³-hybridized carbons (Fsp3) is 0.550. The highest BCUT2D eigenvalue weighted by atomic mass is 19.3. The molecule has 1 atom stereocenters. The van der Waals surface area contributed by atoms with Crippen molar-refractivity contribution in [2.45, 2.75) is 25.4 Å². The van der Waals surface area contributed by atoms with E-state index in [0.717, 1.165) is 0 Å². The van der Waals surface area contributed by atoms with Crippen molar-refractivity contribution in [1.82, 2.24) is 10.0 Å². The van der Waals surface area contributed by atoms with Crippen LogP contribution in [-0.2, 0) is 14.3 Å². The van der Waals surface area contributed by atoms with Crippen molar-refractivity contribution in [1.29, 1.82) is 0 Å². The maximum Gasteiger partial charge on any atom is 0.414 e. The van der Waals surface area contributed by atoms with Crippen LogP contribution < -0.4 is 9.80 Å². The fourth-order valence-electron chi connectivity index (χ4n) is 3.74. The lowest BCUT2D eigenvalue weighted by Gasteiger charge is -2.28. The lowest BCUT2D eigenvalue weighted by molar-refractivity contribution is -0.148. The molecule has 2 amide bonds. The summed E-state index contributed by atoms with van der Waals surface area (Å²) in [5, 5.41) is 12.2. The molecule has 1 aromatic rings. The largest absolute Gasteiger partial charge is 0.444 e. The number of hydrazine groups is 1. The van der Waals surface area contributed by atoms with E-state index in [1.807, 2.05) is 0 Å². The van der Waals surface area contributed by atoms with E-state index in [1.165, 1.54) is 22.0 Å². The number of carbonyl (C=O) groups excluding carboxylic acids is 3. The zero-order valence-corrected chi connectivity index (χ0v) is 17.5. The molecule has 9 nitrogen and oxygen atoms in total. The fourth-order valence-corrected chi connectivity index (χ4v) is 3.74. The first-order chi connectivity index (χ1) is 15.2. The number of cyclic esters (lactones) is 1. The van der Waals surface area contributed by atoms with E-state index in [2.05, 4.69) is 0 Å². The number of carbonyl (C=O) groups is 3. The van der Waals surface area contributed by atoms with Gasteiger partial charge >= 0.3 is 6.09 Å². The molecule has 1 aromatic carbocycles. The Morgan fingerprint density at radius 2 is 1.94 bits per heavy atom. The van der Waals surface area contributed by atoms with Crippen LogP contribution in [0.5, 0.6) is 0 Å². The third-order valence-electron chi connectivity index (χ3n) is 5.52. The number of ether oxygens (including phenoxy) is 1. The van der Waals surface area contributed by atoms with Gasteiger partial charge in [-0.25, -0.2) is 23.0 Å². The van der Waals surface area contributed by atoms with Crippen LogP contribution in [-0.4, -0.2) is 91.8 Å². The summed E-state index contributed by atoms with van der Waals surface area (Å²) in [5.41, 5.74) is 0.551. The first kappa shape index (κ1) is 23.8. The van der Waals surface area contributed by atoms with Crippen LogP contribution in [0, 0.1) is 5.82 Å². The highest BCUT2D eigenvalue weighted by Crippen LogP contribution is 2.29. The molecule has 0 radical (unpaired) electrons. The van der Waals surface area contributed by atoms with Crippen molar-refractivity contribution in [3.05, 3.63) is 24.0 Å². The number of halogens is 3. The number of alkyl halides is 2. The van der Waals surface area contributed by atoms with Crippen molar-refractivity contribution in [3.63, 3.8) is 0 Å². The van der Waals surface area contributed by atoms with Gasteiger partial charge in [0.05, 0.1) is 24.5 Å². The lowest BCUT2D eigenvalue weighted by atomic mass is 10.1. The van der Waals surface area contributed by atoms with Crippen molar-refractivity contribution in [2.75, 3.05) is 56.2 Å². The third kappa shape index (κ3) is 5.30. The molecule has 2 aliphatic heterocycles. The normalized spacial score (nSPS) is 20.0. The number of aliphatic hydroxyl groups excluding tert-OH is 1. The topological polar surface area (TPSA) is 93.6 Å². The summed E-state index contributed by atoms with van der Waals surface area (Å²) in [4.78, 5) is 38.0. The third-order valence-corrected chi connectivity index (χ3v) is 5.52. The first-order valence-electron chi connectivity index (χ1n) is 10.2. The van der Waals surface area contributed by atoms with Crippen molar-refractivity contribution in [3.8, 4) is 0 Å². The van der Waals surface area contributed by atoms with Gasteiger partial charge in [-0.3, -0.25) is 19.5 Å². The Morgan fingerprint density at radius 1 is 1.22 bits per heavy atom. The molecular weight excluding hydrogens is 433 g/mol. The Bertz CT molecular complexity index is 872. The lowest BCUT2D eigenvalue weighted by Crippen LogP contribution is -2.46. The predicted molar refractivity (Wildman–Crippen MR) is 108 cm³/mol. The highest BCUT2D eigenvalue weighted by molar-refractivity contribution is 5.90. The molecule has 1 N–H and O–H groups in total. The van der Waals surface area contributed by atoms with Gasteiger partial charge in [-0.05, 0) is 24.6 Å². The van der Waals surface area contributed by atoms with Crippen LogP contribution in [0.2, 0.25) is 0 Å². The quantitative estimate of drug-likeness (QED) is 0.658. The molecule has 0 spiro atoms. The van der Waals surface area contributed by atoms with E-state index in [1.54, 1.807) is 23.0 Å². The van der Waals surface area contributed by atoms with Crippen LogP contribution in [0.25, 0.3) is 0 Å². The predicted octanol–water partition coefficient (Wildman–Crippen LogP) is 1.25. The summed E-state index contributed by atoms with van der Waals surface area (Å²) >= 11 is 0. The molecule has 2 saturated heterocycles. The van der Waals surface area contributed by atoms with Gasteiger partial charge in [-0.1, -0.05) is 0 Å². The summed E-state index contributed by atoms with van der Waals surface area (Å²) in [7, 11) is 1.71. The zero-order chi connectivity index (χ0) is 23.4. The van der Waals surface area contributed by atoms with Gasteiger partial charge in [0.15, 0.2) is 5.78 Å². The average Bonchev–Trinajstić information content (AvgIpc) is 3.03. The molecule has 2 aliphatic rings. The molecular formula is C20H25F3N4O5. The smallest absolute Gasteiger partial charge is 0.414 e. The minimum atomic E-state index is -3.06. The van der Waals surface area contributed by atoms with E-state index in [0.29, 0.717) is 25.3 Å². The molecule has 0 unspecified atom stereocenters. The summed E-state index contributed by atoms with van der Waals surface area (Å²) in [6.07, 6.45) is -4.96. The number of rotatable bonds is 7. The monoisotopic (exact) mass is 458 g/mol. The molecule has 176 valence electrons. The van der Waals surface area contributed by atoms with Crippen LogP contribution >= 0.6 is 0 Å². The molecule has 12 heteroatoms. The van der Waals surface area contributed by atoms with Crippen molar-refractivity contribution >= 4 is 29.2 Å². The van der Waals surface area contributed by atoms with E-state index >= 15 is 0 Å². The molecule has 0 bridgehead atoms. The van der Waals surface area contributed by atoms with Crippen molar-refractivity contribution < 1.29 is 37.4 Å². The Labute approximate surface area is 182 Å². The maximum atomic E-state index is 14.9. The Hall–Kier alpha value is -2.86. The van der Waals surface area contributed by atoms with Crippen LogP contribution in [0.3, 0.4) is 0 Å². The standard InChI is InChI=1S/C20H25F3N4O5/c1-24-6-7-25(8-9-27(24)18(30)12-28)16-4-2-13(10-15(16)21)26-11-14(32-20(26)31)3-5-17(29)19(22)23/h2,4,10,14,19,28H,3,5-9,11-12H2,1H3/t14-/m0/s1. The van der Waals surface area contributed by atoms with Gasteiger partial charge in [0, 0.05) is 33.1 Å². The summed E-state index contributed by atoms with van der Waals surface area (Å²) in [6.45, 7) is 0.906. The number of aliphatic hydroxyl groups is 1. The van der Waals surface area contributed by atoms with Gasteiger partial charge in [-0.2, -0.15) is 0 Å². The number of hydrogen-bond donors (Lipinski definition) is 1. The van der Waals surface area contributed by atoms with E-state index < -0.39 is 49.2 Å². The summed E-state index contributed by atoms with van der Waals surface area (Å²) < 4.78 is 44.7. The van der Waals surface area contributed by atoms with Gasteiger partial charge in [0.1, 0.15) is 18.5 Å². The number of ketones is 1. The van der Waals surface area contributed by atoms with Gasteiger partial charge < -0.3 is 14.7 Å². The second kappa shape index (κ2) is 10.2. The number of hydrogen-bond acceptors (Lipinski definition) is 7. The van der Waals surface area contributed by atoms with E-state index in [9.17, 15) is 27.6 Å². The number of likely N-dealkylation sites (N-methyl/N-ethyl adjacent to an activating group) is 1. The molecule has 2 heterocycles. The van der Waals surface area contributed by atoms with E-state index in [-0.39, 0.29) is 25.2 Å². The molecule has 0 aliphatic carbocycles. The summed E-state index contributed by atoms with van der Waals surface area (Å²) in [6, 6.07) is 4.27. The number of Topliss-reactive ketones (excluding diaryl/α,β-unsaturated/α-hetero) is 1. The molecule has 3 rings (SSSR count). The highest BCUT2D eigenvalue weighted by Gasteiger charge is 2.34. The van der Waals surface area contributed by atoms with Crippen LogP contribution in [0.15, 0.2) is 18.2 Å². The van der Waals surface area contributed by atoms with Crippen LogP contribution in [0.4, 0.5) is 29.3 Å². The molecule has 0 aromatic heterocycles. The number of nitrogens with zero attached hydrogens (tertiary/aromatic N) is 4. The second-order valence-corrected chi connectivity index (χ2v) is 7.60. The second-order valence-electron chi connectivity index (χ2n) is 7.60. The molecule has 32 heavy (non-hydrogen) atoms. The Morgan fingerprint density at radius 3 is 2.59 bits per heavy atom. The van der Waals surface area contributed by atoms with Crippen LogP contribution in [0.1, 0.15) is 12.8 Å². The SMILES string of the molecule is CN1CCN(c2ccc(N3C[C@H](CCC(=O)C(F)F)OC3=O)cc2F)CCN1C(=O)CO. The Kier molecular flexibility index (Phi) is 7.56. The van der Waals surface area contributed by atoms with Gasteiger partial charge in [0.2, 0.25) is 0 Å². The number of anilines is 2. The Balaban J connectivity index is 1.66. The van der Waals surface area contributed by atoms with E-state index in [4.69, 9.17) is 9.84 Å². The first-order valence-corrected chi connectivity index (χ1v) is 10.2. The number of benzene rings is 1. The summed E-state index contributed by atoms with van der Waals surface area (Å²) in [5.74, 6) is -2.23. The maximum absolute atomic E-state index is 14.9. The molecule has 0 saturated carbocycles. The minimum Gasteiger partial charge on any atom is -0.444 e. The zero-order valence-electron chi connectivity index (χ0n) is 17.5.